The molecule has 0 heterocycles. The van der Waals surface area contributed by atoms with Crippen LogP contribution < -0.4 is 10.6 Å². The second-order valence-corrected chi connectivity index (χ2v) is 5.37. The van der Waals surface area contributed by atoms with Crippen LogP contribution in [0.4, 0.5) is 0 Å². The van der Waals surface area contributed by atoms with Gasteiger partial charge >= 0.3 is 0 Å². The predicted octanol–water partition coefficient (Wildman–Crippen LogP) is 3.47. The molecule has 0 atom stereocenters. The smallest absolute Gasteiger partial charge is 0.191 e. The topological polar surface area (TPSA) is 45.7 Å². The second kappa shape index (κ2) is 12.0. The molecule has 1 aromatic carbocycles. The van der Waals surface area contributed by atoms with Crippen molar-refractivity contribution in [1.29, 1.82) is 0 Å². The van der Waals surface area contributed by atoms with E-state index in [4.69, 9.17) is 4.74 Å². The minimum atomic E-state index is 0.686. The van der Waals surface area contributed by atoms with Crippen molar-refractivity contribution in [2.24, 2.45) is 4.99 Å². The fourth-order valence-electron chi connectivity index (χ4n) is 2.14. The SMILES string of the molecule is CCCCCCNC(=NC)NCc1ccc(COCC)cc1. The summed E-state index contributed by atoms with van der Waals surface area (Å²) in [5.74, 6) is 0.870. The number of nitrogens with zero attached hydrogens (tertiary/aromatic N) is 1. The van der Waals surface area contributed by atoms with E-state index < -0.39 is 0 Å². The van der Waals surface area contributed by atoms with E-state index in [1.165, 1.54) is 36.8 Å². The molecule has 0 aliphatic rings. The van der Waals surface area contributed by atoms with Gasteiger partial charge in [-0.3, -0.25) is 4.99 Å². The largest absolute Gasteiger partial charge is 0.377 e. The summed E-state index contributed by atoms with van der Waals surface area (Å²) < 4.78 is 5.40. The summed E-state index contributed by atoms with van der Waals surface area (Å²) in [7, 11) is 1.81. The number of aliphatic imine (C=N–C) groups is 1. The summed E-state index contributed by atoms with van der Waals surface area (Å²) in [6.07, 6.45) is 5.05. The predicted molar refractivity (Wildman–Crippen MR) is 94.1 cm³/mol. The molecule has 2 N–H and O–H groups in total. The summed E-state index contributed by atoms with van der Waals surface area (Å²) in [6.45, 7) is 7.44. The number of rotatable bonds is 10. The summed E-state index contributed by atoms with van der Waals surface area (Å²) in [4.78, 5) is 4.25. The molecule has 0 aliphatic carbocycles. The Bertz CT molecular complexity index is 415. The highest BCUT2D eigenvalue weighted by atomic mass is 16.5. The van der Waals surface area contributed by atoms with E-state index in [1.807, 2.05) is 14.0 Å². The van der Waals surface area contributed by atoms with Crippen LogP contribution in [0.1, 0.15) is 50.7 Å². The molecule has 0 amide bonds. The number of hydrogen-bond acceptors (Lipinski definition) is 2. The van der Waals surface area contributed by atoms with Crippen molar-refractivity contribution >= 4 is 5.96 Å². The van der Waals surface area contributed by atoms with E-state index in [2.05, 4.69) is 46.8 Å². The molecule has 4 nitrogen and oxygen atoms in total. The molecule has 1 rings (SSSR count). The third kappa shape index (κ3) is 8.03. The zero-order valence-corrected chi connectivity index (χ0v) is 14.3. The van der Waals surface area contributed by atoms with Crippen molar-refractivity contribution in [3.8, 4) is 0 Å². The molecule has 124 valence electrons. The molecule has 0 aliphatic heterocycles. The monoisotopic (exact) mass is 305 g/mol. The molecule has 0 saturated heterocycles. The maximum Gasteiger partial charge on any atom is 0.191 e. The summed E-state index contributed by atoms with van der Waals surface area (Å²) >= 11 is 0. The van der Waals surface area contributed by atoms with Gasteiger partial charge in [0.15, 0.2) is 5.96 Å². The Kier molecular flexibility index (Phi) is 10.1. The van der Waals surface area contributed by atoms with Crippen LogP contribution in [0.15, 0.2) is 29.3 Å². The minimum absolute atomic E-state index is 0.686. The lowest BCUT2D eigenvalue weighted by molar-refractivity contribution is 0.134. The minimum Gasteiger partial charge on any atom is -0.377 e. The lowest BCUT2D eigenvalue weighted by atomic mass is 10.1. The number of unbranched alkanes of at least 4 members (excludes halogenated alkanes) is 3. The lowest BCUT2D eigenvalue weighted by Gasteiger charge is -2.12. The lowest BCUT2D eigenvalue weighted by Crippen LogP contribution is -2.37. The van der Waals surface area contributed by atoms with Gasteiger partial charge in [-0.25, -0.2) is 0 Å². The van der Waals surface area contributed by atoms with Crippen molar-refractivity contribution in [1.82, 2.24) is 10.6 Å². The van der Waals surface area contributed by atoms with E-state index in [-0.39, 0.29) is 0 Å². The number of guanidine groups is 1. The van der Waals surface area contributed by atoms with Gasteiger partial charge in [0, 0.05) is 26.7 Å². The van der Waals surface area contributed by atoms with Gasteiger partial charge in [-0.2, -0.15) is 0 Å². The van der Waals surface area contributed by atoms with Crippen LogP contribution in [0.5, 0.6) is 0 Å². The average Bonchev–Trinajstić information content (AvgIpc) is 2.56. The van der Waals surface area contributed by atoms with E-state index >= 15 is 0 Å². The van der Waals surface area contributed by atoms with Gasteiger partial charge in [-0.05, 0) is 24.5 Å². The third-order valence-electron chi connectivity index (χ3n) is 3.50. The van der Waals surface area contributed by atoms with Crippen LogP contribution in [-0.4, -0.2) is 26.2 Å². The average molecular weight is 305 g/mol. The van der Waals surface area contributed by atoms with Crippen LogP contribution in [-0.2, 0) is 17.9 Å². The molecule has 0 bridgehead atoms. The Morgan fingerprint density at radius 2 is 1.73 bits per heavy atom. The zero-order chi connectivity index (χ0) is 16.0. The summed E-state index contributed by atoms with van der Waals surface area (Å²) in [6, 6.07) is 8.51. The first-order valence-electron chi connectivity index (χ1n) is 8.40. The fraction of sp³-hybridized carbons (Fsp3) is 0.611. The summed E-state index contributed by atoms with van der Waals surface area (Å²) in [5.41, 5.74) is 2.46. The molecule has 0 aromatic heterocycles. The first kappa shape index (κ1) is 18.5. The second-order valence-electron chi connectivity index (χ2n) is 5.37. The zero-order valence-electron chi connectivity index (χ0n) is 14.3. The highest BCUT2D eigenvalue weighted by molar-refractivity contribution is 5.79. The first-order valence-corrected chi connectivity index (χ1v) is 8.40. The van der Waals surface area contributed by atoms with Crippen LogP contribution in [0.25, 0.3) is 0 Å². The number of benzene rings is 1. The Hall–Kier alpha value is -1.55. The Labute approximate surface area is 135 Å². The third-order valence-corrected chi connectivity index (χ3v) is 3.50. The van der Waals surface area contributed by atoms with E-state index in [0.29, 0.717) is 6.61 Å². The normalized spacial score (nSPS) is 11.5. The number of nitrogens with one attached hydrogen (secondary N) is 2. The molecule has 4 heteroatoms. The van der Waals surface area contributed by atoms with Crippen LogP contribution in [0, 0.1) is 0 Å². The standard InChI is InChI=1S/C18H31N3O/c1-4-6-7-8-13-20-18(19-3)21-14-16-9-11-17(12-10-16)15-22-5-2/h9-12H,4-8,13-15H2,1-3H3,(H2,19,20,21). The van der Waals surface area contributed by atoms with Crippen molar-refractivity contribution in [3.05, 3.63) is 35.4 Å². The molecule has 22 heavy (non-hydrogen) atoms. The molecule has 0 saturated carbocycles. The maximum absolute atomic E-state index is 5.40. The highest BCUT2D eigenvalue weighted by Gasteiger charge is 1.99. The number of hydrogen-bond donors (Lipinski definition) is 2. The van der Waals surface area contributed by atoms with Gasteiger partial charge in [0.1, 0.15) is 0 Å². The van der Waals surface area contributed by atoms with Gasteiger partial charge in [0.05, 0.1) is 6.61 Å². The van der Waals surface area contributed by atoms with E-state index in [0.717, 1.165) is 25.7 Å². The Morgan fingerprint density at radius 3 is 2.36 bits per heavy atom. The van der Waals surface area contributed by atoms with Gasteiger partial charge in [0.2, 0.25) is 0 Å². The van der Waals surface area contributed by atoms with Crippen molar-refractivity contribution < 1.29 is 4.74 Å². The van der Waals surface area contributed by atoms with Crippen LogP contribution >= 0.6 is 0 Å². The van der Waals surface area contributed by atoms with E-state index in [1.54, 1.807) is 0 Å². The molecule has 0 radical (unpaired) electrons. The van der Waals surface area contributed by atoms with Crippen molar-refractivity contribution in [2.45, 2.75) is 52.7 Å². The molecular weight excluding hydrogens is 274 g/mol. The van der Waals surface area contributed by atoms with Gasteiger partial charge in [0.25, 0.3) is 0 Å². The molecule has 0 fully saturated rings. The van der Waals surface area contributed by atoms with Crippen molar-refractivity contribution in [3.63, 3.8) is 0 Å². The molecular formula is C18H31N3O. The number of ether oxygens (including phenoxy) is 1. The van der Waals surface area contributed by atoms with E-state index in [9.17, 15) is 0 Å². The van der Waals surface area contributed by atoms with Crippen molar-refractivity contribution in [2.75, 3.05) is 20.2 Å². The Morgan fingerprint density at radius 1 is 1.00 bits per heavy atom. The van der Waals surface area contributed by atoms with Gasteiger partial charge in [-0.1, -0.05) is 50.5 Å². The Balaban J connectivity index is 2.27. The molecule has 0 unspecified atom stereocenters. The van der Waals surface area contributed by atoms with Crippen LogP contribution in [0.2, 0.25) is 0 Å². The van der Waals surface area contributed by atoms with Crippen LogP contribution in [0.3, 0.4) is 0 Å². The first-order chi connectivity index (χ1) is 10.8. The highest BCUT2D eigenvalue weighted by Crippen LogP contribution is 2.05. The molecule has 1 aromatic rings. The van der Waals surface area contributed by atoms with Gasteiger partial charge < -0.3 is 15.4 Å². The fourth-order valence-corrected chi connectivity index (χ4v) is 2.14. The molecule has 0 spiro atoms. The maximum atomic E-state index is 5.40. The quantitative estimate of drug-likeness (QED) is 0.395. The summed E-state index contributed by atoms with van der Waals surface area (Å²) in [5, 5.41) is 6.70. The van der Waals surface area contributed by atoms with Gasteiger partial charge in [-0.15, -0.1) is 0 Å².